The summed E-state index contributed by atoms with van der Waals surface area (Å²) in [6, 6.07) is 10.5. The van der Waals surface area contributed by atoms with E-state index in [0.717, 1.165) is 0 Å². The number of anilines is 2. The number of benzene rings is 3. The van der Waals surface area contributed by atoms with Gasteiger partial charge in [-0.3, -0.25) is 9.59 Å². The first kappa shape index (κ1) is 41.7. The van der Waals surface area contributed by atoms with Crippen molar-refractivity contribution in [2.45, 2.75) is 64.1 Å². The third-order valence-electron chi connectivity index (χ3n) is 9.47. The van der Waals surface area contributed by atoms with Gasteiger partial charge in [-0.2, -0.15) is 0 Å². The van der Waals surface area contributed by atoms with Crippen LogP contribution in [-0.2, 0) is 40.6 Å². The maximum Gasteiger partial charge on any atom is 0.508 e. The van der Waals surface area contributed by atoms with E-state index in [0.29, 0.717) is 28.3 Å². The van der Waals surface area contributed by atoms with Crippen LogP contribution in [0.2, 0.25) is 10.0 Å². The van der Waals surface area contributed by atoms with Gasteiger partial charge < -0.3 is 44.7 Å². The maximum absolute atomic E-state index is 15.3. The third-order valence-corrected chi connectivity index (χ3v) is 10.00. The van der Waals surface area contributed by atoms with E-state index in [-0.39, 0.29) is 72.6 Å². The average Bonchev–Trinajstić information content (AvgIpc) is 3.58. The Morgan fingerprint density at radius 2 is 1.73 bits per heavy atom. The van der Waals surface area contributed by atoms with Gasteiger partial charge >= 0.3 is 12.1 Å². The highest BCUT2D eigenvalue weighted by molar-refractivity contribution is 6.31. The fourth-order valence-electron chi connectivity index (χ4n) is 7.39. The van der Waals surface area contributed by atoms with Crippen molar-refractivity contribution in [3.05, 3.63) is 86.6 Å². The summed E-state index contributed by atoms with van der Waals surface area (Å²) in [6.45, 7) is 7.87. The number of carbonyl (C=O) groups is 4. The molecule has 296 valence electrons. The normalized spacial score (nSPS) is 20.2. The Hall–Kier alpha value is -4.47. The van der Waals surface area contributed by atoms with Crippen LogP contribution >= 0.6 is 23.2 Å². The second-order valence-electron chi connectivity index (χ2n) is 14.3. The van der Waals surface area contributed by atoms with Gasteiger partial charge in [-0.05, 0) is 66.3 Å². The lowest BCUT2D eigenvalue weighted by atomic mass is 9.62. The van der Waals surface area contributed by atoms with Crippen LogP contribution in [0.15, 0.2) is 48.5 Å². The molecular weight excluding hydrogens is 760 g/mol. The van der Waals surface area contributed by atoms with E-state index in [9.17, 15) is 24.3 Å². The molecule has 5 rings (SSSR count). The lowest BCUT2D eigenvalue weighted by molar-refractivity contribution is -0.122. The standard InChI is InChI=1S/C39H44Cl2FN3O10/c1-6-54-37(50)55-15-14-52-12-13-53-20-24-23(35(47)48)10-11-28(33(24)51-5)43-34(46)32-31(21-8-7-9-22(40)16-21)39(30(45-32)19-38(2,3)4)25-17-27(42)26(41)18-29(25)44-36(39)49/h7-11,16-18,30-32,45H,6,12-15,19-20H2,1-5H3,(H,43,46)(H,44,49)(H,47,48)/t30-,31+,32+,39+/m0/s1. The van der Waals surface area contributed by atoms with E-state index in [4.69, 9.17) is 42.1 Å². The number of carboxylic acid groups (broad SMARTS) is 1. The third kappa shape index (κ3) is 9.00. The first-order valence-corrected chi connectivity index (χ1v) is 18.4. The van der Waals surface area contributed by atoms with Crippen LogP contribution < -0.4 is 20.7 Å². The summed E-state index contributed by atoms with van der Waals surface area (Å²) in [5, 5.41) is 19.5. The summed E-state index contributed by atoms with van der Waals surface area (Å²) in [7, 11) is 1.34. The van der Waals surface area contributed by atoms with Crippen molar-refractivity contribution in [1.29, 1.82) is 0 Å². The average molecular weight is 805 g/mol. The molecule has 55 heavy (non-hydrogen) atoms. The lowest BCUT2D eigenvalue weighted by Gasteiger charge is -2.37. The number of amides is 2. The minimum absolute atomic E-state index is 0.0218. The van der Waals surface area contributed by atoms with E-state index in [1.165, 1.54) is 31.4 Å². The Balaban J connectivity index is 1.47. The van der Waals surface area contributed by atoms with E-state index in [2.05, 4.69) is 20.7 Å². The molecule has 1 fully saturated rings. The van der Waals surface area contributed by atoms with Crippen LogP contribution in [0.3, 0.4) is 0 Å². The zero-order chi connectivity index (χ0) is 40.1. The topological polar surface area (TPSA) is 171 Å². The summed E-state index contributed by atoms with van der Waals surface area (Å²) in [4.78, 5) is 52.7. The molecule has 0 saturated carbocycles. The maximum atomic E-state index is 15.3. The lowest BCUT2D eigenvalue weighted by Crippen LogP contribution is -2.49. The zero-order valence-corrected chi connectivity index (χ0v) is 32.6. The summed E-state index contributed by atoms with van der Waals surface area (Å²) < 4.78 is 41.6. The molecule has 3 aromatic rings. The second-order valence-corrected chi connectivity index (χ2v) is 15.1. The Morgan fingerprint density at radius 1 is 1.00 bits per heavy atom. The Labute approximate surface area is 328 Å². The van der Waals surface area contributed by atoms with Crippen molar-refractivity contribution in [3.8, 4) is 5.75 Å². The van der Waals surface area contributed by atoms with Crippen LogP contribution in [0, 0.1) is 11.2 Å². The number of carbonyl (C=O) groups excluding carboxylic acids is 3. The van der Waals surface area contributed by atoms with E-state index in [1.54, 1.807) is 31.2 Å². The Morgan fingerprint density at radius 3 is 2.40 bits per heavy atom. The van der Waals surface area contributed by atoms with Gasteiger partial charge in [0.25, 0.3) is 0 Å². The first-order valence-electron chi connectivity index (χ1n) is 17.6. The second kappa shape index (κ2) is 17.5. The minimum Gasteiger partial charge on any atom is -0.494 e. The van der Waals surface area contributed by atoms with Crippen molar-refractivity contribution in [1.82, 2.24) is 5.32 Å². The summed E-state index contributed by atoms with van der Waals surface area (Å²) >= 11 is 12.7. The van der Waals surface area contributed by atoms with Crippen LogP contribution in [0.5, 0.6) is 5.75 Å². The van der Waals surface area contributed by atoms with Crippen LogP contribution in [-0.4, -0.2) is 81.3 Å². The van der Waals surface area contributed by atoms with E-state index < -0.39 is 53.2 Å². The SMILES string of the molecule is CCOC(=O)OCCOCCOCc1c(C(=O)O)ccc(NC(=O)[C@@H]2N[C@@H](CC(C)(C)C)[C@@]3(C(=O)Nc4cc(Cl)c(F)cc43)[C@@H]2c2cccc(Cl)c2)c1OC. The molecule has 0 aliphatic carbocycles. The fraction of sp³-hybridized carbons (Fsp3) is 0.436. The number of rotatable bonds is 15. The number of hydrogen-bond donors (Lipinski definition) is 4. The molecule has 0 aromatic heterocycles. The molecule has 4 atom stereocenters. The van der Waals surface area contributed by atoms with Crippen molar-refractivity contribution in [3.63, 3.8) is 0 Å². The zero-order valence-electron chi connectivity index (χ0n) is 31.1. The van der Waals surface area contributed by atoms with Crippen molar-refractivity contribution in [2.75, 3.05) is 50.8 Å². The van der Waals surface area contributed by atoms with Crippen molar-refractivity contribution < 1.29 is 52.4 Å². The fourth-order valence-corrected chi connectivity index (χ4v) is 7.75. The van der Waals surface area contributed by atoms with Gasteiger partial charge in [0.2, 0.25) is 11.8 Å². The minimum atomic E-state index is -1.48. The number of ether oxygens (including phenoxy) is 5. The quantitative estimate of drug-likeness (QED) is 0.0928. The molecule has 1 spiro atoms. The van der Waals surface area contributed by atoms with Gasteiger partial charge in [-0.15, -0.1) is 0 Å². The number of fused-ring (bicyclic) bond motifs is 2. The van der Waals surface area contributed by atoms with Gasteiger partial charge in [0.1, 0.15) is 23.6 Å². The Kier molecular flexibility index (Phi) is 13.3. The molecule has 2 amide bonds. The molecule has 3 aromatic carbocycles. The van der Waals surface area contributed by atoms with Gasteiger partial charge in [-0.1, -0.05) is 56.1 Å². The van der Waals surface area contributed by atoms with Gasteiger partial charge in [0.05, 0.1) is 62.5 Å². The molecular formula is C39H44Cl2FN3O10. The van der Waals surface area contributed by atoms with Crippen LogP contribution in [0.1, 0.15) is 67.1 Å². The summed E-state index contributed by atoms with van der Waals surface area (Å²) in [5.41, 5.74) is -0.374. The number of nitrogens with one attached hydrogen (secondary N) is 3. The first-order chi connectivity index (χ1) is 26.1. The van der Waals surface area contributed by atoms with E-state index in [1.807, 2.05) is 20.8 Å². The molecule has 0 unspecified atom stereocenters. The molecule has 4 N–H and O–H groups in total. The Bertz CT molecular complexity index is 1940. The highest BCUT2D eigenvalue weighted by Gasteiger charge is 2.66. The number of aromatic carboxylic acids is 1. The van der Waals surface area contributed by atoms with Crippen molar-refractivity contribution in [2.24, 2.45) is 5.41 Å². The molecule has 0 bridgehead atoms. The molecule has 2 aliphatic heterocycles. The van der Waals surface area contributed by atoms with Crippen LogP contribution in [0.4, 0.5) is 20.6 Å². The number of hydrogen-bond acceptors (Lipinski definition) is 10. The molecule has 2 aliphatic rings. The largest absolute Gasteiger partial charge is 0.508 e. The monoisotopic (exact) mass is 803 g/mol. The predicted molar refractivity (Wildman–Crippen MR) is 203 cm³/mol. The van der Waals surface area contributed by atoms with Gasteiger partial charge in [-0.25, -0.2) is 14.0 Å². The highest BCUT2D eigenvalue weighted by atomic mass is 35.5. The molecule has 2 heterocycles. The van der Waals surface area contributed by atoms with Crippen molar-refractivity contribution >= 4 is 58.5 Å². The van der Waals surface area contributed by atoms with Crippen LogP contribution in [0.25, 0.3) is 0 Å². The highest BCUT2D eigenvalue weighted by Crippen LogP contribution is 2.57. The van der Waals surface area contributed by atoms with Gasteiger partial charge in [0, 0.05) is 28.2 Å². The molecule has 1 saturated heterocycles. The number of carboxylic acids is 1. The van der Waals surface area contributed by atoms with Gasteiger partial charge in [0.15, 0.2) is 0 Å². The molecule has 16 heteroatoms. The van der Waals surface area contributed by atoms with E-state index >= 15 is 4.39 Å². The molecule has 13 nitrogen and oxygen atoms in total. The molecule has 0 radical (unpaired) electrons. The smallest absolute Gasteiger partial charge is 0.494 e. The summed E-state index contributed by atoms with van der Waals surface area (Å²) in [6.07, 6.45) is -0.392. The summed E-state index contributed by atoms with van der Waals surface area (Å²) in [5.74, 6) is -3.80. The number of methoxy groups -OCH3 is 1. The number of halogens is 3. The predicted octanol–water partition coefficient (Wildman–Crippen LogP) is 6.93.